The SMILES string of the molecule is C=CC(=C)NC(=C)/C=C\C=C/CC(C)C=C. The Kier molecular flexibility index (Phi) is 7.60. The number of rotatable bonds is 8. The first kappa shape index (κ1) is 14.2. The highest BCUT2D eigenvalue weighted by Gasteiger charge is 1.89. The van der Waals surface area contributed by atoms with Gasteiger partial charge in [0.05, 0.1) is 0 Å². The zero-order chi connectivity index (χ0) is 12.4. The van der Waals surface area contributed by atoms with Crippen LogP contribution in [0.25, 0.3) is 0 Å². The van der Waals surface area contributed by atoms with Crippen LogP contribution in [0.15, 0.2) is 74.2 Å². The van der Waals surface area contributed by atoms with Crippen LogP contribution in [0.5, 0.6) is 0 Å². The Bertz CT molecular complexity index is 318. The zero-order valence-corrected chi connectivity index (χ0v) is 10.1. The van der Waals surface area contributed by atoms with Gasteiger partial charge < -0.3 is 5.32 Å². The highest BCUT2D eigenvalue weighted by molar-refractivity contribution is 5.24. The van der Waals surface area contributed by atoms with E-state index in [-0.39, 0.29) is 0 Å². The third-order valence-corrected chi connectivity index (χ3v) is 2.02. The van der Waals surface area contributed by atoms with Gasteiger partial charge >= 0.3 is 0 Å². The quantitative estimate of drug-likeness (QED) is 0.474. The maximum Gasteiger partial charge on any atom is 0.0310 e. The fraction of sp³-hybridized carbons (Fsp3) is 0.200. The standard InChI is InChI=1S/C15H21N/c1-6-13(3)11-9-8-10-12-15(5)16-14(4)7-2/h6-10,12-13,16H,1-2,4-5,11H2,3H3/b9-8-,12-10-. The van der Waals surface area contributed by atoms with E-state index in [9.17, 15) is 0 Å². The molecule has 0 aromatic carbocycles. The van der Waals surface area contributed by atoms with Crippen molar-refractivity contribution in [1.82, 2.24) is 5.32 Å². The van der Waals surface area contributed by atoms with E-state index in [1.165, 1.54) is 0 Å². The van der Waals surface area contributed by atoms with E-state index in [1.807, 2.05) is 24.3 Å². The van der Waals surface area contributed by atoms with E-state index >= 15 is 0 Å². The predicted molar refractivity (Wildman–Crippen MR) is 73.9 cm³/mol. The summed E-state index contributed by atoms with van der Waals surface area (Å²) in [6, 6.07) is 0. The monoisotopic (exact) mass is 215 g/mol. The second-order valence-electron chi connectivity index (χ2n) is 3.62. The van der Waals surface area contributed by atoms with Crippen LogP contribution in [0.4, 0.5) is 0 Å². The number of allylic oxidation sites excluding steroid dienone is 6. The van der Waals surface area contributed by atoms with Crippen LogP contribution >= 0.6 is 0 Å². The molecule has 0 amide bonds. The van der Waals surface area contributed by atoms with Gasteiger partial charge in [-0.15, -0.1) is 6.58 Å². The molecule has 86 valence electrons. The van der Waals surface area contributed by atoms with Crippen molar-refractivity contribution in [2.45, 2.75) is 13.3 Å². The summed E-state index contributed by atoms with van der Waals surface area (Å²) in [5.74, 6) is 0.520. The third kappa shape index (κ3) is 7.63. The van der Waals surface area contributed by atoms with Crippen LogP contribution in [-0.2, 0) is 0 Å². The van der Waals surface area contributed by atoms with Gasteiger partial charge in [0.1, 0.15) is 0 Å². The van der Waals surface area contributed by atoms with Gasteiger partial charge in [-0.1, -0.05) is 51.0 Å². The maximum atomic E-state index is 3.83. The van der Waals surface area contributed by atoms with E-state index in [0.29, 0.717) is 5.92 Å². The highest BCUT2D eigenvalue weighted by Crippen LogP contribution is 2.03. The lowest BCUT2D eigenvalue weighted by molar-refractivity contribution is 0.746. The van der Waals surface area contributed by atoms with Crippen LogP contribution in [-0.4, -0.2) is 0 Å². The van der Waals surface area contributed by atoms with E-state index < -0.39 is 0 Å². The fourth-order valence-corrected chi connectivity index (χ4v) is 0.939. The van der Waals surface area contributed by atoms with Gasteiger partial charge in [-0.2, -0.15) is 0 Å². The Morgan fingerprint density at radius 2 is 1.88 bits per heavy atom. The summed E-state index contributed by atoms with van der Waals surface area (Å²) in [7, 11) is 0. The Balaban J connectivity index is 3.91. The molecule has 1 N–H and O–H groups in total. The molecule has 0 saturated heterocycles. The largest absolute Gasteiger partial charge is 0.357 e. The molecule has 0 rings (SSSR count). The molecule has 0 aromatic heterocycles. The van der Waals surface area contributed by atoms with Crippen LogP contribution in [0, 0.1) is 5.92 Å². The lowest BCUT2D eigenvalue weighted by Gasteiger charge is -2.03. The Hall–Kier alpha value is -1.76. The molecular weight excluding hydrogens is 194 g/mol. The summed E-state index contributed by atoms with van der Waals surface area (Å²) in [5.41, 5.74) is 1.55. The molecule has 0 saturated carbocycles. The van der Waals surface area contributed by atoms with Crippen molar-refractivity contribution < 1.29 is 0 Å². The van der Waals surface area contributed by atoms with Gasteiger partial charge in [-0.25, -0.2) is 0 Å². The lowest BCUT2D eigenvalue weighted by Crippen LogP contribution is -2.06. The Morgan fingerprint density at radius 3 is 2.44 bits per heavy atom. The van der Waals surface area contributed by atoms with Crippen molar-refractivity contribution in [3.63, 3.8) is 0 Å². The van der Waals surface area contributed by atoms with Crippen LogP contribution < -0.4 is 5.32 Å². The first-order chi connectivity index (χ1) is 7.60. The molecule has 1 heteroatoms. The molecular formula is C15H21N. The number of nitrogens with one attached hydrogen (secondary N) is 1. The third-order valence-electron chi connectivity index (χ3n) is 2.02. The molecule has 16 heavy (non-hydrogen) atoms. The molecule has 0 aliphatic heterocycles. The average Bonchev–Trinajstić information content (AvgIpc) is 2.27. The number of hydrogen-bond acceptors (Lipinski definition) is 1. The maximum absolute atomic E-state index is 3.83. The van der Waals surface area contributed by atoms with E-state index in [2.05, 4.69) is 44.6 Å². The molecule has 0 aliphatic carbocycles. The van der Waals surface area contributed by atoms with Gasteiger partial charge in [0.25, 0.3) is 0 Å². The second-order valence-corrected chi connectivity index (χ2v) is 3.62. The van der Waals surface area contributed by atoms with Gasteiger partial charge in [0, 0.05) is 11.4 Å². The van der Waals surface area contributed by atoms with Crippen LogP contribution in [0.3, 0.4) is 0 Å². The Morgan fingerprint density at radius 1 is 1.19 bits per heavy atom. The van der Waals surface area contributed by atoms with Crippen molar-refractivity contribution in [3.8, 4) is 0 Å². The van der Waals surface area contributed by atoms with Crippen molar-refractivity contribution in [2.75, 3.05) is 0 Å². The molecule has 0 aliphatic rings. The predicted octanol–water partition coefficient (Wildman–Crippen LogP) is 4.11. The molecule has 0 heterocycles. The molecule has 0 aromatic rings. The Labute approximate surface area is 99.3 Å². The molecule has 1 unspecified atom stereocenters. The smallest absolute Gasteiger partial charge is 0.0310 e. The van der Waals surface area contributed by atoms with Crippen molar-refractivity contribution in [2.24, 2.45) is 5.92 Å². The highest BCUT2D eigenvalue weighted by atomic mass is 14.9. The fourth-order valence-electron chi connectivity index (χ4n) is 0.939. The topological polar surface area (TPSA) is 12.0 Å². The minimum absolute atomic E-state index is 0.520. The van der Waals surface area contributed by atoms with Crippen LogP contribution in [0.2, 0.25) is 0 Å². The van der Waals surface area contributed by atoms with E-state index in [0.717, 1.165) is 17.8 Å². The summed E-state index contributed by atoms with van der Waals surface area (Å²) in [6.45, 7) is 17.0. The molecule has 1 nitrogen and oxygen atoms in total. The molecule has 0 fully saturated rings. The molecule has 1 atom stereocenters. The van der Waals surface area contributed by atoms with Crippen molar-refractivity contribution >= 4 is 0 Å². The summed E-state index contributed by atoms with van der Waals surface area (Å²) < 4.78 is 0. The molecule has 0 spiro atoms. The summed E-state index contributed by atoms with van der Waals surface area (Å²) in [6.07, 6.45) is 12.6. The minimum Gasteiger partial charge on any atom is -0.357 e. The molecule has 0 bridgehead atoms. The first-order valence-corrected chi connectivity index (χ1v) is 5.33. The first-order valence-electron chi connectivity index (χ1n) is 5.33. The van der Waals surface area contributed by atoms with Gasteiger partial charge in [0.15, 0.2) is 0 Å². The van der Waals surface area contributed by atoms with Gasteiger partial charge in [-0.3, -0.25) is 0 Å². The minimum atomic E-state index is 0.520. The summed E-state index contributed by atoms with van der Waals surface area (Å²) >= 11 is 0. The zero-order valence-electron chi connectivity index (χ0n) is 10.1. The van der Waals surface area contributed by atoms with Crippen LogP contribution in [0.1, 0.15) is 13.3 Å². The van der Waals surface area contributed by atoms with Gasteiger partial charge in [-0.05, 0) is 24.5 Å². The van der Waals surface area contributed by atoms with E-state index in [1.54, 1.807) is 6.08 Å². The van der Waals surface area contributed by atoms with Crippen molar-refractivity contribution in [3.05, 3.63) is 74.2 Å². The lowest BCUT2D eigenvalue weighted by atomic mass is 10.1. The van der Waals surface area contributed by atoms with Gasteiger partial charge in [0.2, 0.25) is 0 Å². The number of hydrogen-bond donors (Lipinski definition) is 1. The van der Waals surface area contributed by atoms with Crippen molar-refractivity contribution in [1.29, 1.82) is 0 Å². The normalized spacial score (nSPS) is 12.6. The average molecular weight is 215 g/mol. The second kappa shape index (κ2) is 8.54. The van der Waals surface area contributed by atoms with E-state index in [4.69, 9.17) is 0 Å². The summed E-state index contributed by atoms with van der Waals surface area (Å²) in [5, 5.41) is 3.00. The molecule has 0 radical (unpaired) electrons. The summed E-state index contributed by atoms with van der Waals surface area (Å²) in [4.78, 5) is 0.